The molecule has 3 rings (SSSR count). The van der Waals surface area contributed by atoms with Gasteiger partial charge in [0.05, 0.1) is 6.61 Å². The molecule has 2 aromatic carbocycles. The molecule has 0 bridgehead atoms. The molecule has 1 heterocycles. The summed E-state index contributed by atoms with van der Waals surface area (Å²) in [5, 5.41) is 6.70. The third kappa shape index (κ3) is 7.25. The van der Waals surface area contributed by atoms with Crippen LogP contribution in [0.2, 0.25) is 0 Å². The number of nitrogens with zero attached hydrogens (tertiary/aromatic N) is 2. The van der Waals surface area contributed by atoms with Gasteiger partial charge in [-0.15, -0.1) is 24.0 Å². The van der Waals surface area contributed by atoms with Crippen molar-refractivity contribution in [3.63, 3.8) is 0 Å². The molecule has 2 N–H and O–H groups in total. The van der Waals surface area contributed by atoms with Crippen LogP contribution < -0.4 is 20.1 Å². The summed E-state index contributed by atoms with van der Waals surface area (Å²) in [7, 11) is 5.27. The Kier molecular flexibility index (Phi) is 10.3. The van der Waals surface area contributed by atoms with Crippen LogP contribution in [0.5, 0.6) is 11.5 Å². The summed E-state index contributed by atoms with van der Waals surface area (Å²) in [6.45, 7) is 5.96. The van der Waals surface area contributed by atoms with E-state index in [4.69, 9.17) is 9.47 Å². The molecule has 0 saturated carbocycles. The first kappa shape index (κ1) is 26.8. The Morgan fingerprint density at radius 1 is 1.24 bits per heavy atom. The zero-order valence-corrected chi connectivity index (χ0v) is 22.4. The van der Waals surface area contributed by atoms with Gasteiger partial charge in [0, 0.05) is 57.3 Å². The number of fused-ring (bicyclic) bond motifs is 1. The molecule has 0 saturated heterocycles. The molecular formula is C25H35IN4O3. The van der Waals surface area contributed by atoms with Crippen molar-refractivity contribution < 1.29 is 14.3 Å². The fraction of sp³-hybridized carbons (Fsp3) is 0.440. The maximum Gasteiger partial charge on any atom is 0.253 e. The van der Waals surface area contributed by atoms with Crippen LogP contribution in [0.25, 0.3) is 0 Å². The van der Waals surface area contributed by atoms with Gasteiger partial charge in [0.15, 0.2) is 5.96 Å². The van der Waals surface area contributed by atoms with E-state index in [-0.39, 0.29) is 36.0 Å². The van der Waals surface area contributed by atoms with Crippen molar-refractivity contribution in [2.24, 2.45) is 4.99 Å². The Morgan fingerprint density at radius 3 is 2.73 bits per heavy atom. The van der Waals surface area contributed by atoms with Crippen LogP contribution in [0, 0.1) is 0 Å². The molecule has 7 nitrogen and oxygen atoms in total. The number of benzene rings is 2. The predicted molar refractivity (Wildman–Crippen MR) is 143 cm³/mol. The smallest absolute Gasteiger partial charge is 0.253 e. The second kappa shape index (κ2) is 12.7. The first-order valence-corrected chi connectivity index (χ1v) is 11.1. The number of halogens is 1. The zero-order valence-electron chi connectivity index (χ0n) is 20.1. The highest BCUT2D eigenvalue weighted by Crippen LogP contribution is 2.35. The number of amides is 1. The van der Waals surface area contributed by atoms with Crippen molar-refractivity contribution >= 4 is 35.8 Å². The average Bonchev–Trinajstić information content (AvgIpc) is 3.14. The lowest BCUT2D eigenvalue weighted by Gasteiger charge is -2.16. The van der Waals surface area contributed by atoms with E-state index >= 15 is 0 Å². The van der Waals surface area contributed by atoms with Crippen molar-refractivity contribution in [3.05, 3.63) is 58.7 Å². The van der Waals surface area contributed by atoms with Gasteiger partial charge in [0.1, 0.15) is 17.6 Å². The van der Waals surface area contributed by atoms with Crippen molar-refractivity contribution in [2.75, 3.05) is 34.3 Å². The topological polar surface area (TPSA) is 75.2 Å². The van der Waals surface area contributed by atoms with Gasteiger partial charge in [-0.1, -0.05) is 12.1 Å². The van der Waals surface area contributed by atoms with Gasteiger partial charge in [-0.05, 0) is 50.1 Å². The Hall–Kier alpha value is -2.49. The molecule has 2 aromatic rings. The number of hydrogen-bond acceptors (Lipinski definition) is 4. The fourth-order valence-corrected chi connectivity index (χ4v) is 3.75. The minimum Gasteiger partial charge on any atom is -0.494 e. The molecule has 1 amide bonds. The van der Waals surface area contributed by atoms with E-state index in [0.29, 0.717) is 31.2 Å². The molecule has 0 aliphatic carbocycles. The second-order valence-electron chi connectivity index (χ2n) is 8.14. The summed E-state index contributed by atoms with van der Waals surface area (Å²) < 4.78 is 11.8. The van der Waals surface area contributed by atoms with E-state index in [1.807, 2.05) is 31.2 Å². The third-order valence-corrected chi connectivity index (χ3v) is 5.34. The second-order valence-corrected chi connectivity index (χ2v) is 8.14. The maximum atomic E-state index is 12.2. The van der Waals surface area contributed by atoms with Gasteiger partial charge in [-0.25, -0.2) is 0 Å². The van der Waals surface area contributed by atoms with Gasteiger partial charge in [0.2, 0.25) is 0 Å². The van der Waals surface area contributed by atoms with Gasteiger partial charge in [0.25, 0.3) is 5.91 Å². The van der Waals surface area contributed by atoms with Crippen LogP contribution in [0.4, 0.5) is 0 Å². The first-order valence-electron chi connectivity index (χ1n) is 11.1. The quantitative estimate of drug-likeness (QED) is 0.290. The van der Waals surface area contributed by atoms with Crippen LogP contribution >= 0.6 is 24.0 Å². The standard InChI is InChI=1S/C25H34N4O3.HI/c1-6-31-22-14-20-12-17(2)32-23(20)15-21(22)16-28-25(26-3)27-11-10-18-8-7-9-19(13-18)24(30)29(4)5;/h7-9,13-15,17H,6,10-12,16H2,1-5H3,(H2,26,27,28);1H. The monoisotopic (exact) mass is 566 g/mol. The Balaban J connectivity index is 0.00000385. The largest absolute Gasteiger partial charge is 0.494 e. The van der Waals surface area contributed by atoms with E-state index in [1.165, 1.54) is 5.56 Å². The SMILES string of the molecule is CCOc1cc2c(cc1CNC(=NC)NCCc1cccc(C(=O)N(C)C)c1)OC(C)C2.I. The molecule has 0 radical (unpaired) electrons. The number of ether oxygens (including phenoxy) is 2. The molecule has 1 aliphatic rings. The number of rotatable bonds is 8. The van der Waals surface area contributed by atoms with Crippen molar-refractivity contribution in [1.82, 2.24) is 15.5 Å². The molecule has 0 fully saturated rings. The lowest BCUT2D eigenvalue weighted by atomic mass is 10.1. The van der Waals surface area contributed by atoms with Crippen LogP contribution in [0.1, 0.15) is 40.9 Å². The summed E-state index contributed by atoms with van der Waals surface area (Å²) in [6, 6.07) is 11.9. The summed E-state index contributed by atoms with van der Waals surface area (Å²) >= 11 is 0. The average molecular weight is 566 g/mol. The molecule has 1 unspecified atom stereocenters. The number of hydrogen-bond donors (Lipinski definition) is 2. The van der Waals surface area contributed by atoms with Crippen molar-refractivity contribution in [1.29, 1.82) is 0 Å². The van der Waals surface area contributed by atoms with Gasteiger partial charge in [-0.2, -0.15) is 0 Å². The van der Waals surface area contributed by atoms with Crippen LogP contribution in [0.3, 0.4) is 0 Å². The molecule has 33 heavy (non-hydrogen) atoms. The Bertz CT molecular complexity index is 978. The van der Waals surface area contributed by atoms with Crippen molar-refractivity contribution in [3.8, 4) is 11.5 Å². The fourth-order valence-electron chi connectivity index (χ4n) is 3.75. The van der Waals surface area contributed by atoms with E-state index in [2.05, 4.69) is 34.7 Å². The highest BCUT2D eigenvalue weighted by Gasteiger charge is 2.22. The number of guanidine groups is 1. The molecule has 1 atom stereocenters. The Labute approximate surface area is 214 Å². The summed E-state index contributed by atoms with van der Waals surface area (Å²) in [5.41, 5.74) is 4.04. The highest BCUT2D eigenvalue weighted by atomic mass is 127. The molecular weight excluding hydrogens is 531 g/mol. The van der Waals surface area contributed by atoms with Gasteiger partial charge >= 0.3 is 0 Å². The molecule has 8 heteroatoms. The summed E-state index contributed by atoms with van der Waals surface area (Å²) in [6.07, 6.45) is 1.89. The normalized spacial score (nSPS) is 14.6. The number of aliphatic imine (C=N–C) groups is 1. The van der Waals surface area contributed by atoms with Crippen LogP contribution in [0.15, 0.2) is 41.4 Å². The Morgan fingerprint density at radius 2 is 2.03 bits per heavy atom. The van der Waals surface area contributed by atoms with Crippen molar-refractivity contribution in [2.45, 2.75) is 39.3 Å². The number of nitrogens with one attached hydrogen (secondary N) is 2. The number of carbonyl (C=O) groups excluding carboxylic acids is 1. The summed E-state index contributed by atoms with van der Waals surface area (Å²) in [4.78, 5) is 18.1. The first-order chi connectivity index (χ1) is 15.4. The maximum absolute atomic E-state index is 12.2. The van der Waals surface area contributed by atoms with Gasteiger partial charge < -0.3 is 25.0 Å². The number of carbonyl (C=O) groups is 1. The third-order valence-electron chi connectivity index (χ3n) is 5.34. The van der Waals surface area contributed by atoms with E-state index in [9.17, 15) is 4.79 Å². The van der Waals surface area contributed by atoms with Crippen LogP contribution in [-0.4, -0.2) is 57.2 Å². The zero-order chi connectivity index (χ0) is 23.1. The molecule has 1 aliphatic heterocycles. The predicted octanol–water partition coefficient (Wildman–Crippen LogP) is 3.64. The van der Waals surface area contributed by atoms with E-state index in [1.54, 1.807) is 26.0 Å². The molecule has 0 aromatic heterocycles. The minimum atomic E-state index is 0. The highest BCUT2D eigenvalue weighted by molar-refractivity contribution is 14.0. The van der Waals surface area contributed by atoms with Crippen LogP contribution in [-0.2, 0) is 19.4 Å². The molecule has 0 spiro atoms. The lowest BCUT2D eigenvalue weighted by molar-refractivity contribution is 0.0827. The summed E-state index contributed by atoms with van der Waals surface area (Å²) in [5.74, 6) is 2.54. The van der Waals surface area contributed by atoms with E-state index < -0.39 is 0 Å². The lowest BCUT2D eigenvalue weighted by Crippen LogP contribution is -2.38. The minimum absolute atomic E-state index is 0. The van der Waals surface area contributed by atoms with Gasteiger partial charge in [-0.3, -0.25) is 9.79 Å². The van der Waals surface area contributed by atoms with E-state index in [0.717, 1.165) is 35.5 Å². The molecule has 180 valence electrons.